The van der Waals surface area contributed by atoms with Crippen LogP contribution < -0.4 is 4.72 Å². The van der Waals surface area contributed by atoms with Crippen LogP contribution in [0.15, 0.2) is 59.5 Å². The summed E-state index contributed by atoms with van der Waals surface area (Å²) in [5, 5.41) is 9.44. The largest absolute Gasteiger partial charge is 0.280 e. The topological polar surface area (TPSA) is 70.0 Å². The van der Waals surface area contributed by atoms with Gasteiger partial charge in [0.25, 0.3) is 10.0 Å². The van der Waals surface area contributed by atoms with Gasteiger partial charge in [-0.1, -0.05) is 17.7 Å². The number of aryl methyl sites for hydroxylation is 1. The lowest BCUT2D eigenvalue weighted by Gasteiger charge is -2.11. The molecule has 0 atom stereocenters. The van der Waals surface area contributed by atoms with Crippen LogP contribution >= 0.6 is 22.9 Å². The number of sulfonamides is 1. The molecule has 7 heteroatoms. The normalized spacial score (nSPS) is 11.1. The number of thiophene rings is 1. The molecule has 0 saturated heterocycles. The molecule has 0 fully saturated rings. The van der Waals surface area contributed by atoms with Crippen molar-refractivity contribution in [3.05, 3.63) is 70.1 Å². The van der Waals surface area contributed by atoms with Gasteiger partial charge in [0.1, 0.15) is 10.9 Å². The van der Waals surface area contributed by atoms with Gasteiger partial charge in [-0.3, -0.25) is 4.72 Å². The van der Waals surface area contributed by atoms with Gasteiger partial charge in [-0.2, -0.15) is 5.26 Å². The second kappa shape index (κ2) is 6.89. The van der Waals surface area contributed by atoms with E-state index < -0.39 is 10.0 Å². The molecular weight excluding hydrogens is 376 g/mol. The second-order valence-electron chi connectivity index (χ2n) is 5.42. The Labute approximate surface area is 155 Å². The van der Waals surface area contributed by atoms with Crippen LogP contribution in [0.25, 0.3) is 10.4 Å². The quantitative estimate of drug-likeness (QED) is 0.679. The fraction of sp³-hybridized carbons (Fsp3) is 0.0556. The standard InChI is InChI=1S/C18H13ClN2O2S2/c1-12-8-13(18-7-4-16(11-20)24-18)10-15(9-12)21-25(22,23)17-5-2-14(19)3-6-17/h2-10,21H,1H3. The van der Waals surface area contributed by atoms with Crippen LogP contribution in [0.2, 0.25) is 5.02 Å². The van der Waals surface area contributed by atoms with Crippen molar-refractivity contribution >= 4 is 38.6 Å². The first-order valence-corrected chi connectivity index (χ1v) is 9.95. The van der Waals surface area contributed by atoms with Crippen molar-refractivity contribution in [2.45, 2.75) is 11.8 Å². The second-order valence-corrected chi connectivity index (χ2v) is 8.63. The minimum Gasteiger partial charge on any atom is -0.280 e. The lowest BCUT2D eigenvalue weighted by atomic mass is 10.1. The molecule has 4 nitrogen and oxygen atoms in total. The van der Waals surface area contributed by atoms with E-state index in [4.69, 9.17) is 16.9 Å². The smallest absolute Gasteiger partial charge is 0.261 e. The first-order chi connectivity index (χ1) is 11.9. The number of nitriles is 1. The SMILES string of the molecule is Cc1cc(NS(=O)(=O)c2ccc(Cl)cc2)cc(-c2ccc(C#N)s2)c1. The molecule has 126 valence electrons. The van der Waals surface area contributed by atoms with Gasteiger partial charge in [0.2, 0.25) is 0 Å². The number of halogens is 1. The molecule has 3 rings (SSSR count). The van der Waals surface area contributed by atoms with Gasteiger partial charge in [0, 0.05) is 15.6 Å². The van der Waals surface area contributed by atoms with Gasteiger partial charge in [0.05, 0.1) is 4.90 Å². The predicted molar refractivity (Wildman–Crippen MR) is 101 cm³/mol. The molecule has 0 saturated carbocycles. The average molecular weight is 389 g/mol. The Morgan fingerprint density at radius 3 is 2.44 bits per heavy atom. The fourth-order valence-electron chi connectivity index (χ4n) is 2.37. The van der Waals surface area contributed by atoms with Crippen LogP contribution in [-0.4, -0.2) is 8.42 Å². The minimum absolute atomic E-state index is 0.142. The van der Waals surface area contributed by atoms with Gasteiger partial charge in [-0.25, -0.2) is 8.42 Å². The highest BCUT2D eigenvalue weighted by atomic mass is 35.5. The van der Waals surface area contributed by atoms with Crippen molar-refractivity contribution in [2.75, 3.05) is 4.72 Å². The Bertz CT molecular complexity index is 1070. The van der Waals surface area contributed by atoms with Crippen LogP contribution in [0.5, 0.6) is 0 Å². The first-order valence-electron chi connectivity index (χ1n) is 7.28. The Kier molecular flexibility index (Phi) is 4.82. The summed E-state index contributed by atoms with van der Waals surface area (Å²) < 4.78 is 27.7. The molecular formula is C18H13ClN2O2S2. The fourth-order valence-corrected chi connectivity index (χ4v) is 4.32. The third kappa shape index (κ3) is 4.02. The monoisotopic (exact) mass is 388 g/mol. The van der Waals surface area contributed by atoms with E-state index in [1.54, 1.807) is 18.2 Å². The Balaban J connectivity index is 1.95. The number of benzene rings is 2. The highest BCUT2D eigenvalue weighted by Crippen LogP contribution is 2.31. The van der Waals surface area contributed by atoms with Gasteiger partial charge < -0.3 is 0 Å². The molecule has 0 amide bonds. The average Bonchev–Trinajstić information content (AvgIpc) is 3.03. The molecule has 2 aromatic carbocycles. The van der Waals surface area contributed by atoms with Crippen LogP contribution in [-0.2, 0) is 10.0 Å². The Morgan fingerprint density at radius 2 is 1.80 bits per heavy atom. The number of nitrogens with zero attached hydrogens (tertiary/aromatic N) is 1. The molecule has 0 aliphatic heterocycles. The number of anilines is 1. The molecule has 1 heterocycles. The minimum atomic E-state index is -3.70. The number of hydrogen-bond acceptors (Lipinski definition) is 4. The zero-order chi connectivity index (χ0) is 18.0. The summed E-state index contributed by atoms with van der Waals surface area (Å²) in [6.45, 7) is 1.89. The molecule has 0 aliphatic rings. The van der Waals surface area contributed by atoms with Crippen LogP contribution in [0.3, 0.4) is 0 Å². The van der Waals surface area contributed by atoms with E-state index in [0.29, 0.717) is 15.6 Å². The lowest BCUT2D eigenvalue weighted by Crippen LogP contribution is -2.13. The summed E-state index contributed by atoms with van der Waals surface area (Å²) in [6, 6.07) is 17.2. The number of nitrogens with one attached hydrogen (secondary N) is 1. The molecule has 1 aromatic heterocycles. The van der Waals surface area contributed by atoms with E-state index in [1.807, 2.05) is 19.1 Å². The van der Waals surface area contributed by atoms with E-state index in [2.05, 4.69) is 10.8 Å². The maximum atomic E-state index is 12.5. The van der Waals surface area contributed by atoms with Crippen LogP contribution in [0.1, 0.15) is 10.4 Å². The van der Waals surface area contributed by atoms with Gasteiger partial charge in [-0.15, -0.1) is 11.3 Å². The molecule has 0 radical (unpaired) electrons. The summed E-state index contributed by atoms with van der Waals surface area (Å²) in [4.78, 5) is 1.66. The van der Waals surface area contributed by atoms with Crippen molar-refractivity contribution < 1.29 is 8.42 Å². The summed E-state index contributed by atoms with van der Waals surface area (Å²) in [5.41, 5.74) is 2.25. The van der Waals surface area contributed by atoms with Crippen molar-refractivity contribution in [3.8, 4) is 16.5 Å². The molecule has 25 heavy (non-hydrogen) atoms. The third-order valence-electron chi connectivity index (χ3n) is 3.45. The number of hydrogen-bond donors (Lipinski definition) is 1. The van der Waals surface area contributed by atoms with E-state index >= 15 is 0 Å². The molecule has 3 aromatic rings. The van der Waals surface area contributed by atoms with E-state index in [1.165, 1.54) is 35.6 Å². The van der Waals surface area contributed by atoms with E-state index in [-0.39, 0.29) is 4.90 Å². The van der Waals surface area contributed by atoms with Gasteiger partial charge >= 0.3 is 0 Å². The maximum Gasteiger partial charge on any atom is 0.261 e. The van der Waals surface area contributed by atoms with Gasteiger partial charge in [-0.05, 0) is 66.6 Å². The Hall–Kier alpha value is -2.33. The van der Waals surface area contributed by atoms with E-state index in [9.17, 15) is 8.42 Å². The van der Waals surface area contributed by atoms with Crippen molar-refractivity contribution in [1.82, 2.24) is 0 Å². The van der Waals surface area contributed by atoms with Crippen LogP contribution in [0, 0.1) is 18.3 Å². The van der Waals surface area contributed by atoms with Crippen molar-refractivity contribution in [1.29, 1.82) is 5.26 Å². The zero-order valence-electron chi connectivity index (χ0n) is 13.2. The zero-order valence-corrected chi connectivity index (χ0v) is 15.5. The Morgan fingerprint density at radius 1 is 1.08 bits per heavy atom. The third-order valence-corrected chi connectivity index (χ3v) is 6.14. The summed E-state index contributed by atoms with van der Waals surface area (Å²) in [7, 11) is -3.70. The molecule has 0 spiro atoms. The summed E-state index contributed by atoms with van der Waals surface area (Å²) in [5.74, 6) is 0. The molecule has 0 bridgehead atoms. The summed E-state index contributed by atoms with van der Waals surface area (Å²) >= 11 is 7.17. The van der Waals surface area contributed by atoms with E-state index in [0.717, 1.165) is 16.0 Å². The molecule has 0 unspecified atom stereocenters. The number of rotatable bonds is 4. The lowest BCUT2D eigenvalue weighted by molar-refractivity contribution is 0.601. The van der Waals surface area contributed by atoms with Crippen LogP contribution in [0.4, 0.5) is 5.69 Å². The molecule has 1 N–H and O–H groups in total. The summed E-state index contributed by atoms with van der Waals surface area (Å²) in [6.07, 6.45) is 0. The molecule has 0 aliphatic carbocycles. The van der Waals surface area contributed by atoms with Crippen molar-refractivity contribution in [3.63, 3.8) is 0 Å². The maximum absolute atomic E-state index is 12.5. The van der Waals surface area contributed by atoms with Gasteiger partial charge in [0.15, 0.2) is 0 Å². The highest BCUT2D eigenvalue weighted by Gasteiger charge is 2.15. The first kappa shape index (κ1) is 17.5. The predicted octanol–water partition coefficient (Wildman–Crippen LogP) is 5.05. The highest BCUT2D eigenvalue weighted by molar-refractivity contribution is 7.92. The van der Waals surface area contributed by atoms with Crippen molar-refractivity contribution in [2.24, 2.45) is 0 Å².